The highest BCUT2D eigenvalue weighted by Crippen LogP contribution is 2.26. The minimum atomic E-state index is 0.148. The molecule has 1 saturated carbocycles. The predicted molar refractivity (Wildman–Crippen MR) is 98.3 cm³/mol. The van der Waals surface area contributed by atoms with Crippen molar-refractivity contribution in [2.24, 2.45) is 5.92 Å². The van der Waals surface area contributed by atoms with Gasteiger partial charge in [-0.3, -0.25) is 4.79 Å². The zero-order chi connectivity index (χ0) is 17.2. The minimum Gasteiger partial charge on any atom is -0.356 e. The topological polar surface area (TPSA) is 58.1 Å². The van der Waals surface area contributed by atoms with Crippen molar-refractivity contribution in [2.45, 2.75) is 38.6 Å². The van der Waals surface area contributed by atoms with Crippen LogP contribution in [-0.4, -0.2) is 35.0 Å². The number of hydrogen-bond acceptors (Lipinski definition) is 4. The highest BCUT2D eigenvalue weighted by atomic mass is 16.2. The van der Waals surface area contributed by atoms with E-state index in [1.54, 1.807) is 0 Å². The molecule has 0 unspecified atom stereocenters. The van der Waals surface area contributed by atoms with Crippen molar-refractivity contribution in [3.05, 3.63) is 42.1 Å². The molecule has 4 rings (SSSR count). The molecule has 2 aliphatic rings. The first kappa shape index (κ1) is 16.1. The molecule has 25 heavy (non-hydrogen) atoms. The number of aromatic nitrogens is 2. The minimum absolute atomic E-state index is 0.148. The molecule has 1 aliphatic carbocycles. The summed E-state index contributed by atoms with van der Waals surface area (Å²) in [5.41, 5.74) is 2.24. The first-order valence-corrected chi connectivity index (χ1v) is 9.14. The fourth-order valence-electron chi connectivity index (χ4n) is 3.37. The molecular weight excluding hydrogens is 312 g/mol. The smallest absolute Gasteiger partial charge is 0.223 e. The van der Waals surface area contributed by atoms with Crippen LogP contribution in [-0.2, 0) is 4.79 Å². The molecule has 130 valence electrons. The molecule has 2 fully saturated rings. The Bertz CT molecular complexity index is 764. The number of nitrogens with one attached hydrogen (secondary N) is 1. The lowest BCUT2D eigenvalue weighted by Gasteiger charge is -2.32. The molecule has 1 aliphatic heterocycles. The van der Waals surface area contributed by atoms with Crippen LogP contribution in [0.1, 0.15) is 31.2 Å². The van der Waals surface area contributed by atoms with Crippen LogP contribution in [0.4, 0.5) is 5.82 Å². The average molecular weight is 336 g/mol. The summed E-state index contributed by atoms with van der Waals surface area (Å²) in [5, 5.41) is 3.13. The standard InChI is InChI=1S/C20H24N4O/c1-14-3-2-4-16(13-14)19-21-10-7-18(23-19)24-11-8-15(9-12-24)20(25)22-17-5-6-17/h2-4,7,10,13,15,17H,5-6,8-9,11-12H2,1H3,(H,22,25). The third kappa shape index (κ3) is 3.81. The molecule has 0 bridgehead atoms. The third-order valence-corrected chi connectivity index (χ3v) is 5.03. The molecule has 1 aromatic carbocycles. The van der Waals surface area contributed by atoms with Gasteiger partial charge >= 0.3 is 0 Å². The molecule has 2 heterocycles. The largest absolute Gasteiger partial charge is 0.356 e. The summed E-state index contributed by atoms with van der Waals surface area (Å²) < 4.78 is 0. The van der Waals surface area contributed by atoms with Gasteiger partial charge in [0.15, 0.2) is 5.82 Å². The molecule has 5 heteroatoms. The maximum absolute atomic E-state index is 12.2. The SMILES string of the molecule is Cc1cccc(-c2nccc(N3CCC(C(=O)NC4CC4)CC3)n2)c1. The van der Waals surface area contributed by atoms with Gasteiger partial charge in [0.1, 0.15) is 5.82 Å². The van der Waals surface area contributed by atoms with Gasteiger partial charge in [-0.15, -0.1) is 0 Å². The van der Waals surface area contributed by atoms with Crippen LogP contribution in [0.3, 0.4) is 0 Å². The van der Waals surface area contributed by atoms with Gasteiger partial charge in [0.2, 0.25) is 5.91 Å². The van der Waals surface area contributed by atoms with Gasteiger partial charge in [0, 0.05) is 36.8 Å². The zero-order valence-electron chi connectivity index (χ0n) is 14.6. The quantitative estimate of drug-likeness (QED) is 0.933. The first-order chi connectivity index (χ1) is 12.2. The summed E-state index contributed by atoms with van der Waals surface area (Å²) in [6.45, 7) is 3.81. The van der Waals surface area contributed by atoms with E-state index in [0.717, 1.165) is 56.0 Å². The van der Waals surface area contributed by atoms with Crippen molar-refractivity contribution < 1.29 is 4.79 Å². The number of hydrogen-bond donors (Lipinski definition) is 1. The number of amides is 1. The number of anilines is 1. The molecule has 0 spiro atoms. The number of carbonyl (C=O) groups is 1. The zero-order valence-corrected chi connectivity index (χ0v) is 14.6. The molecule has 0 radical (unpaired) electrons. The van der Waals surface area contributed by atoms with Gasteiger partial charge in [-0.1, -0.05) is 23.8 Å². The van der Waals surface area contributed by atoms with Crippen molar-refractivity contribution in [2.75, 3.05) is 18.0 Å². The van der Waals surface area contributed by atoms with Crippen LogP contribution in [0, 0.1) is 12.8 Å². The van der Waals surface area contributed by atoms with Crippen molar-refractivity contribution in [3.8, 4) is 11.4 Å². The van der Waals surface area contributed by atoms with E-state index < -0.39 is 0 Å². The number of benzene rings is 1. The molecule has 1 N–H and O–H groups in total. The summed E-state index contributed by atoms with van der Waals surface area (Å²) in [7, 11) is 0. The highest BCUT2D eigenvalue weighted by Gasteiger charge is 2.30. The van der Waals surface area contributed by atoms with Crippen molar-refractivity contribution >= 4 is 11.7 Å². The van der Waals surface area contributed by atoms with E-state index in [-0.39, 0.29) is 11.8 Å². The Labute approximate surface area is 148 Å². The van der Waals surface area contributed by atoms with Crippen LogP contribution in [0.2, 0.25) is 0 Å². The van der Waals surface area contributed by atoms with Gasteiger partial charge in [0.25, 0.3) is 0 Å². The van der Waals surface area contributed by atoms with Crippen LogP contribution >= 0.6 is 0 Å². The number of nitrogens with zero attached hydrogens (tertiary/aromatic N) is 3. The molecule has 1 saturated heterocycles. The molecule has 5 nitrogen and oxygen atoms in total. The first-order valence-electron chi connectivity index (χ1n) is 9.14. The lowest BCUT2D eigenvalue weighted by Crippen LogP contribution is -2.41. The number of carbonyl (C=O) groups excluding carboxylic acids is 1. The Morgan fingerprint density at radius 3 is 2.68 bits per heavy atom. The van der Waals surface area contributed by atoms with Crippen LogP contribution in [0.5, 0.6) is 0 Å². The van der Waals surface area contributed by atoms with E-state index in [1.165, 1.54) is 5.56 Å². The van der Waals surface area contributed by atoms with Gasteiger partial charge < -0.3 is 10.2 Å². The Morgan fingerprint density at radius 1 is 1.16 bits per heavy atom. The van der Waals surface area contributed by atoms with Gasteiger partial charge in [-0.25, -0.2) is 9.97 Å². The number of rotatable bonds is 4. The van der Waals surface area contributed by atoms with Gasteiger partial charge in [0.05, 0.1) is 0 Å². The number of piperidine rings is 1. The van der Waals surface area contributed by atoms with E-state index in [1.807, 2.05) is 24.4 Å². The summed E-state index contributed by atoms with van der Waals surface area (Å²) in [6.07, 6.45) is 5.90. The Balaban J connectivity index is 1.42. The normalized spacial score (nSPS) is 18.2. The second kappa shape index (κ2) is 6.82. The van der Waals surface area contributed by atoms with E-state index in [2.05, 4.69) is 34.3 Å². The third-order valence-electron chi connectivity index (χ3n) is 5.03. The van der Waals surface area contributed by atoms with E-state index in [0.29, 0.717) is 6.04 Å². The maximum Gasteiger partial charge on any atom is 0.223 e. The van der Waals surface area contributed by atoms with Crippen LogP contribution in [0.25, 0.3) is 11.4 Å². The molecular formula is C20H24N4O. The summed E-state index contributed by atoms with van der Waals surface area (Å²) in [5.74, 6) is 2.10. The fourth-order valence-corrected chi connectivity index (χ4v) is 3.37. The lowest BCUT2D eigenvalue weighted by atomic mass is 9.96. The maximum atomic E-state index is 12.2. The predicted octanol–water partition coefficient (Wildman–Crippen LogP) is 2.95. The monoisotopic (exact) mass is 336 g/mol. The van der Waals surface area contributed by atoms with Crippen molar-refractivity contribution in [3.63, 3.8) is 0 Å². The Morgan fingerprint density at radius 2 is 1.96 bits per heavy atom. The second-order valence-electron chi connectivity index (χ2n) is 7.15. The van der Waals surface area contributed by atoms with E-state index in [9.17, 15) is 4.79 Å². The summed E-state index contributed by atoms with van der Waals surface area (Å²) >= 11 is 0. The summed E-state index contributed by atoms with van der Waals surface area (Å²) in [6, 6.07) is 10.7. The van der Waals surface area contributed by atoms with Gasteiger partial charge in [-0.05, 0) is 44.7 Å². The average Bonchev–Trinajstić information content (AvgIpc) is 3.46. The van der Waals surface area contributed by atoms with E-state index in [4.69, 9.17) is 4.98 Å². The van der Waals surface area contributed by atoms with Gasteiger partial charge in [-0.2, -0.15) is 0 Å². The molecule has 0 atom stereocenters. The molecule has 2 aromatic rings. The lowest BCUT2D eigenvalue weighted by molar-refractivity contribution is -0.125. The van der Waals surface area contributed by atoms with E-state index >= 15 is 0 Å². The summed E-state index contributed by atoms with van der Waals surface area (Å²) in [4.78, 5) is 23.7. The van der Waals surface area contributed by atoms with Crippen molar-refractivity contribution in [1.29, 1.82) is 0 Å². The Kier molecular flexibility index (Phi) is 4.38. The Hall–Kier alpha value is -2.43. The number of aryl methyl sites for hydroxylation is 1. The van der Waals surface area contributed by atoms with Crippen LogP contribution < -0.4 is 10.2 Å². The molecule has 1 aromatic heterocycles. The van der Waals surface area contributed by atoms with Crippen molar-refractivity contribution in [1.82, 2.24) is 15.3 Å². The molecule has 1 amide bonds. The van der Waals surface area contributed by atoms with Crippen LogP contribution in [0.15, 0.2) is 36.5 Å². The highest BCUT2D eigenvalue weighted by molar-refractivity contribution is 5.79. The fraction of sp³-hybridized carbons (Fsp3) is 0.450. The second-order valence-corrected chi connectivity index (χ2v) is 7.15.